The molecule has 0 spiro atoms. The van der Waals surface area contributed by atoms with Gasteiger partial charge in [0.25, 0.3) is 5.91 Å². The molecule has 0 unspecified atom stereocenters. The van der Waals surface area contributed by atoms with Gasteiger partial charge in [0.1, 0.15) is 0 Å². The number of rotatable bonds is 1. The SMILES string of the molecule is Cc1cncc(C(=O)NC(N)=O)c1. The molecule has 13 heavy (non-hydrogen) atoms. The third kappa shape index (κ3) is 2.55. The summed E-state index contributed by atoms with van der Waals surface area (Å²) in [6.07, 6.45) is 2.98. The van der Waals surface area contributed by atoms with E-state index in [4.69, 9.17) is 5.73 Å². The van der Waals surface area contributed by atoms with Gasteiger partial charge in [0, 0.05) is 12.4 Å². The predicted octanol–water partition coefficient (Wildman–Crippen LogP) is 0.199. The number of carbonyl (C=O) groups excluding carboxylic acids is 2. The highest BCUT2D eigenvalue weighted by atomic mass is 16.2. The van der Waals surface area contributed by atoms with E-state index in [0.717, 1.165) is 5.56 Å². The monoisotopic (exact) mass is 179 g/mol. The van der Waals surface area contributed by atoms with Crippen LogP contribution in [0.2, 0.25) is 0 Å². The largest absolute Gasteiger partial charge is 0.351 e. The average Bonchev–Trinajstić information content (AvgIpc) is 2.03. The maximum atomic E-state index is 11.2. The first-order chi connectivity index (χ1) is 6.09. The van der Waals surface area contributed by atoms with Crippen LogP contribution in [0.3, 0.4) is 0 Å². The third-order valence-corrected chi connectivity index (χ3v) is 1.37. The van der Waals surface area contributed by atoms with Crippen molar-refractivity contribution < 1.29 is 9.59 Å². The van der Waals surface area contributed by atoms with Gasteiger partial charge < -0.3 is 5.73 Å². The number of amides is 3. The Hall–Kier alpha value is -1.91. The molecule has 3 N–H and O–H groups in total. The Labute approximate surface area is 75.0 Å². The van der Waals surface area contributed by atoms with Crippen molar-refractivity contribution in [3.63, 3.8) is 0 Å². The summed E-state index contributed by atoms with van der Waals surface area (Å²) in [6.45, 7) is 1.80. The van der Waals surface area contributed by atoms with Crippen LogP contribution in [0.4, 0.5) is 4.79 Å². The number of nitrogens with two attached hydrogens (primary N) is 1. The number of hydrogen-bond donors (Lipinski definition) is 2. The lowest BCUT2D eigenvalue weighted by molar-refractivity contribution is 0.0966. The number of aryl methyl sites for hydroxylation is 1. The van der Waals surface area contributed by atoms with Crippen molar-refractivity contribution in [1.29, 1.82) is 0 Å². The summed E-state index contributed by atoms with van der Waals surface area (Å²) in [5.41, 5.74) is 5.94. The van der Waals surface area contributed by atoms with E-state index in [2.05, 4.69) is 4.98 Å². The fourth-order valence-corrected chi connectivity index (χ4v) is 0.863. The highest BCUT2D eigenvalue weighted by Crippen LogP contribution is 2.00. The Morgan fingerprint density at radius 2 is 2.15 bits per heavy atom. The van der Waals surface area contributed by atoms with E-state index in [1.807, 2.05) is 5.32 Å². The smallest absolute Gasteiger partial charge is 0.319 e. The fourth-order valence-electron chi connectivity index (χ4n) is 0.863. The molecule has 0 saturated carbocycles. The van der Waals surface area contributed by atoms with Crippen LogP contribution in [0.25, 0.3) is 0 Å². The predicted molar refractivity (Wildman–Crippen MR) is 46.0 cm³/mol. The standard InChI is InChI=1S/C8H9N3O2/c1-5-2-6(4-10-3-5)7(12)11-8(9)13/h2-4H,1H3,(H3,9,11,12,13). The highest BCUT2D eigenvalue weighted by molar-refractivity contribution is 6.03. The summed E-state index contributed by atoms with van der Waals surface area (Å²) in [6, 6.07) is 0.747. The van der Waals surface area contributed by atoms with Crippen LogP contribution in [0.15, 0.2) is 18.5 Å². The summed E-state index contributed by atoms with van der Waals surface area (Å²) in [7, 11) is 0. The molecule has 1 aromatic rings. The van der Waals surface area contributed by atoms with Crippen LogP contribution in [0, 0.1) is 6.92 Å². The first-order valence-electron chi connectivity index (χ1n) is 3.62. The van der Waals surface area contributed by atoms with Crippen LogP contribution >= 0.6 is 0 Å². The molecular formula is C8H9N3O2. The van der Waals surface area contributed by atoms with Crippen molar-refractivity contribution in [2.75, 3.05) is 0 Å². The van der Waals surface area contributed by atoms with Crippen LogP contribution in [0.5, 0.6) is 0 Å². The number of hydrogen-bond acceptors (Lipinski definition) is 3. The molecule has 0 aliphatic heterocycles. The van der Waals surface area contributed by atoms with E-state index in [1.165, 1.54) is 6.20 Å². The van der Waals surface area contributed by atoms with Gasteiger partial charge in [-0.15, -0.1) is 0 Å². The van der Waals surface area contributed by atoms with Gasteiger partial charge in [-0.05, 0) is 18.6 Å². The van der Waals surface area contributed by atoms with E-state index in [0.29, 0.717) is 5.56 Å². The topological polar surface area (TPSA) is 85.1 Å². The lowest BCUT2D eigenvalue weighted by atomic mass is 10.2. The average molecular weight is 179 g/mol. The van der Waals surface area contributed by atoms with Crippen molar-refractivity contribution in [1.82, 2.24) is 10.3 Å². The molecule has 0 aromatic carbocycles. The van der Waals surface area contributed by atoms with Crippen LogP contribution in [-0.2, 0) is 0 Å². The molecule has 3 amide bonds. The maximum Gasteiger partial charge on any atom is 0.319 e. The van der Waals surface area contributed by atoms with Gasteiger partial charge in [0.2, 0.25) is 0 Å². The normalized spacial score (nSPS) is 9.31. The Morgan fingerprint density at radius 3 is 2.69 bits per heavy atom. The molecule has 5 heteroatoms. The maximum absolute atomic E-state index is 11.2. The quantitative estimate of drug-likeness (QED) is 0.645. The molecule has 0 saturated heterocycles. The summed E-state index contributed by atoms with van der Waals surface area (Å²) >= 11 is 0. The molecule has 0 aliphatic rings. The van der Waals surface area contributed by atoms with Crippen molar-refractivity contribution in [2.24, 2.45) is 5.73 Å². The number of carbonyl (C=O) groups is 2. The third-order valence-electron chi connectivity index (χ3n) is 1.37. The van der Waals surface area contributed by atoms with E-state index < -0.39 is 11.9 Å². The second-order valence-electron chi connectivity index (χ2n) is 2.57. The second kappa shape index (κ2) is 3.66. The van der Waals surface area contributed by atoms with Gasteiger partial charge in [-0.25, -0.2) is 4.79 Å². The minimum absolute atomic E-state index is 0.318. The summed E-state index contributed by atoms with van der Waals surface area (Å²) in [5, 5.41) is 1.95. The van der Waals surface area contributed by atoms with Crippen LogP contribution < -0.4 is 11.1 Å². The van der Waals surface area contributed by atoms with E-state index in [-0.39, 0.29) is 0 Å². The molecule has 1 rings (SSSR count). The number of nitrogens with zero attached hydrogens (tertiary/aromatic N) is 1. The highest BCUT2D eigenvalue weighted by Gasteiger charge is 2.07. The van der Waals surface area contributed by atoms with Gasteiger partial charge in [0.15, 0.2) is 0 Å². The van der Waals surface area contributed by atoms with Gasteiger partial charge in [-0.3, -0.25) is 15.1 Å². The van der Waals surface area contributed by atoms with E-state index >= 15 is 0 Å². The zero-order valence-corrected chi connectivity index (χ0v) is 7.07. The number of aromatic nitrogens is 1. The molecule has 0 aliphatic carbocycles. The summed E-state index contributed by atoms with van der Waals surface area (Å²) in [4.78, 5) is 25.3. The zero-order chi connectivity index (χ0) is 9.84. The summed E-state index contributed by atoms with van der Waals surface area (Å²) < 4.78 is 0. The lowest BCUT2D eigenvalue weighted by Gasteiger charge is -2.00. The van der Waals surface area contributed by atoms with Gasteiger partial charge in [0.05, 0.1) is 5.56 Å². The number of urea groups is 1. The molecule has 0 atom stereocenters. The van der Waals surface area contributed by atoms with Crippen molar-refractivity contribution in [2.45, 2.75) is 6.92 Å². The minimum atomic E-state index is -0.869. The van der Waals surface area contributed by atoms with Gasteiger partial charge in [-0.1, -0.05) is 0 Å². The van der Waals surface area contributed by atoms with E-state index in [1.54, 1.807) is 19.2 Å². The fraction of sp³-hybridized carbons (Fsp3) is 0.125. The molecular weight excluding hydrogens is 170 g/mol. The first-order valence-corrected chi connectivity index (χ1v) is 3.62. The Bertz CT molecular complexity index is 349. The van der Waals surface area contributed by atoms with Crippen molar-refractivity contribution in [3.8, 4) is 0 Å². The molecule has 68 valence electrons. The number of nitrogens with one attached hydrogen (secondary N) is 1. The molecule has 0 bridgehead atoms. The first kappa shape index (κ1) is 9.18. The van der Waals surface area contributed by atoms with E-state index in [9.17, 15) is 9.59 Å². The number of pyridine rings is 1. The molecule has 1 aromatic heterocycles. The zero-order valence-electron chi connectivity index (χ0n) is 7.07. The minimum Gasteiger partial charge on any atom is -0.351 e. The summed E-state index contributed by atoms with van der Waals surface area (Å²) in [5.74, 6) is -0.538. The molecule has 5 nitrogen and oxygen atoms in total. The molecule has 0 radical (unpaired) electrons. The second-order valence-corrected chi connectivity index (χ2v) is 2.57. The molecule has 1 heterocycles. The van der Waals surface area contributed by atoms with Crippen LogP contribution in [0.1, 0.15) is 15.9 Å². The van der Waals surface area contributed by atoms with Crippen molar-refractivity contribution in [3.05, 3.63) is 29.6 Å². The Balaban J connectivity index is 2.83. The number of primary amides is 1. The van der Waals surface area contributed by atoms with Crippen molar-refractivity contribution >= 4 is 11.9 Å². The van der Waals surface area contributed by atoms with Gasteiger partial charge in [-0.2, -0.15) is 0 Å². The van der Waals surface area contributed by atoms with Gasteiger partial charge >= 0.3 is 6.03 Å². The van der Waals surface area contributed by atoms with Crippen LogP contribution in [-0.4, -0.2) is 16.9 Å². The molecule has 0 fully saturated rings. The number of imide groups is 1. The Morgan fingerprint density at radius 1 is 1.46 bits per heavy atom. The lowest BCUT2D eigenvalue weighted by Crippen LogP contribution is -2.35. The Kier molecular flexibility index (Phi) is 2.59.